The van der Waals surface area contributed by atoms with Gasteiger partial charge < -0.3 is 10.2 Å². The number of rotatable bonds is 1. The Hall–Kier alpha value is -1.43. The minimum atomic E-state index is -0.213. The van der Waals surface area contributed by atoms with Crippen LogP contribution in [-0.4, -0.2) is 41.3 Å². The first-order valence-corrected chi connectivity index (χ1v) is 6.14. The zero-order valence-corrected chi connectivity index (χ0v) is 10.7. The number of hydrogen-bond donors (Lipinski definition) is 1. The molecule has 2 heterocycles. The molecule has 0 bridgehead atoms. The molecule has 0 unspecified atom stereocenters. The molecule has 1 N–H and O–H groups in total. The van der Waals surface area contributed by atoms with E-state index < -0.39 is 0 Å². The molecule has 0 aliphatic carbocycles. The zero-order chi connectivity index (χ0) is 12.3. The predicted molar refractivity (Wildman–Crippen MR) is 65.5 cm³/mol. The molecule has 1 aliphatic rings. The van der Waals surface area contributed by atoms with E-state index in [1.54, 1.807) is 18.3 Å². The number of aromatic nitrogens is 1. The van der Waals surface area contributed by atoms with E-state index >= 15 is 0 Å². The van der Waals surface area contributed by atoms with Crippen molar-refractivity contribution in [3.05, 3.63) is 28.5 Å². The van der Waals surface area contributed by atoms with Crippen LogP contribution in [0, 0.1) is 0 Å². The van der Waals surface area contributed by atoms with Crippen molar-refractivity contribution in [3.63, 3.8) is 0 Å². The monoisotopic (exact) mass is 297 g/mol. The van der Waals surface area contributed by atoms with Gasteiger partial charge in [0, 0.05) is 23.8 Å². The second-order valence-electron chi connectivity index (χ2n) is 3.76. The van der Waals surface area contributed by atoms with E-state index in [1.807, 2.05) is 0 Å². The first kappa shape index (κ1) is 12.0. The number of carbonyl (C=O) groups is 2. The van der Waals surface area contributed by atoms with Gasteiger partial charge in [-0.2, -0.15) is 0 Å². The van der Waals surface area contributed by atoms with Gasteiger partial charge in [-0.25, -0.2) is 4.98 Å². The number of hydrogen-bond acceptors (Lipinski definition) is 3. The topological polar surface area (TPSA) is 62.3 Å². The highest BCUT2D eigenvalue weighted by Gasteiger charge is 2.23. The highest BCUT2D eigenvalue weighted by molar-refractivity contribution is 9.10. The average Bonchev–Trinajstić information content (AvgIpc) is 2.54. The Morgan fingerprint density at radius 1 is 1.53 bits per heavy atom. The van der Waals surface area contributed by atoms with Crippen molar-refractivity contribution in [1.82, 2.24) is 15.2 Å². The minimum Gasteiger partial charge on any atom is -0.354 e. The Kier molecular flexibility index (Phi) is 3.73. The maximum atomic E-state index is 12.2. The van der Waals surface area contributed by atoms with E-state index in [0.717, 1.165) is 6.42 Å². The molecule has 1 saturated heterocycles. The quantitative estimate of drug-likeness (QED) is 0.834. The molecule has 5 nitrogen and oxygen atoms in total. The standard InChI is InChI=1S/C11H12BrN3O2/c12-8-3-1-4-14-10(8)11(17)15-6-2-5-13-9(16)7-15/h1,3-4H,2,5-7H2,(H,13,16). The van der Waals surface area contributed by atoms with Crippen molar-refractivity contribution in [3.8, 4) is 0 Å². The largest absolute Gasteiger partial charge is 0.354 e. The Morgan fingerprint density at radius 3 is 3.12 bits per heavy atom. The molecule has 1 fully saturated rings. The van der Waals surface area contributed by atoms with Crippen molar-refractivity contribution in [2.24, 2.45) is 0 Å². The molecule has 17 heavy (non-hydrogen) atoms. The number of halogens is 1. The van der Waals surface area contributed by atoms with Crippen molar-refractivity contribution in [1.29, 1.82) is 0 Å². The summed E-state index contributed by atoms with van der Waals surface area (Å²) in [6, 6.07) is 3.51. The van der Waals surface area contributed by atoms with Crippen LogP contribution in [0.1, 0.15) is 16.9 Å². The third-order valence-electron chi connectivity index (χ3n) is 2.51. The molecule has 90 valence electrons. The van der Waals surface area contributed by atoms with Crippen LogP contribution in [-0.2, 0) is 4.79 Å². The van der Waals surface area contributed by atoms with Crippen molar-refractivity contribution >= 4 is 27.7 Å². The average molecular weight is 298 g/mol. The van der Waals surface area contributed by atoms with Gasteiger partial charge in [-0.05, 0) is 34.5 Å². The number of carbonyl (C=O) groups excluding carboxylic acids is 2. The summed E-state index contributed by atoms with van der Waals surface area (Å²) in [6.07, 6.45) is 2.33. The van der Waals surface area contributed by atoms with Crippen LogP contribution in [0.5, 0.6) is 0 Å². The number of amides is 2. The molecule has 1 aliphatic heterocycles. The molecule has 0 atom stereocenters. The first-order valence-electron chi connectivity index (χ1n) is 5.35. The number of nitrogens with one attached hydrogen (secondary N) is 1. The van der Waals surface area contributed by atoms with Crippen LogP contribution < -0.4 is 5.32 Å². The minimum absolute atomic E-state index is 0.0991. The molecule has 2 amide bonds. The van der Waals surface area contributed by atoms with Gasteiger partial charge in [-0.15, -0.1) is 0 Å². The van der Waals surface area contributed by atoms with Gasteiger partial charge in [0.05, 0.1) is 6.54 Å². The lowest BCUT2D eigenvalue weighted by Gasteiger charge is -2.18. The highest BCUT2D eigenvalue weighted by Crippen LogP contribution is 2.15. The second kappa shape index (κ2) is 5.27. The smallest absolute Gasteiger partial charge is 0.274 e. The normalized spacial score (nSPS) is 16.3. The van der Waals surface area contributed by atoms with Crippen LogP contribution in [0.25, 0.3) is 0 Å². The summed E-state index contributed by atoms with van der Waals surface area (Å²) in [7, 11) is 0. The summed E-state index contributed by atoms with van der Waals surface area (Å²) < 4.78 is 0.648. The Labute approximate surface area is 107 Å². The Balaban J connectivity index is 2.19. The van der Waals surface area contributed by atoms with E-state index in [4.69, 9.17) is 0 Å². The molecule has 0 saturated carbocycles. The fraction of sp³-hybridized carbons (Fsp3) is 0.364. The molecule has 0 spiro atoms. The molecular formula is C11H12BrN3O2. The van der Waals surface area contributed by atoms with E-state index in [-0.39, 0.29) is 18.4 Å². The predicted octanol–water partition coefficient (Wildman–Crippen LogP) is 0.806. The molecule has 1 aromatic rings. The maximum Gasteiger partial charge on any atom is 0.274 e. The SMILES string of the molecule is O=C1CN(C(=O)c2ncccc2Br)CCCN1. The number of nitrogens with zero attached hydrogens (tertiary/aromatic N) is 2. The van der Waals surface area contributed by atoms with Crippen LogP contribution in [0.2, 0.25) is 0 Å². The summed E-state index contributed by atoms with van der Waals surface area (Å²) in [5.74, 6) is -0.336. The van der Waals surface area contributed by atoms with Crippen molar-refractivity contribution in [2.75, 3.05) is 19.6 Å². The molecule has 0 aromatic carbocycles. The van der Waals surface area contributed by atoms with Crippen molar-refractivity contribution < 1.29 is 9.59 Å². The van der Waals surface area contributed by atoms with E-state index in [9.17, 15) is 9.59 Å². The van der Waals surface area contributed by atoms with Crippen LogP contribution in [0.15, 0.2) is 22.8 Å². The van der Waals surface area contributed by atoms with Gasteiger partial charge in [-0.3, -0.25) is 9.59 Å². The lowest BCUT2D eigenvalue weighted by Crippen LogP contribution is -2.37. The van der Waals surface area contributed by atoms with Crippen LogP contribution in [0.3, 0.4) is 0 Å². The Bertz CT molecular complexity index is 450. The van der Waals surface area contributed by atoms with E-state index in [1.165, 1.54) is 4.90 Å². The van der Waals surface area contributed by atoms with E-state index in [0.29, 0.717) is 23.3 Å². The second-order valence-corrected chi connectivity index (χ2v) is 4.62. The van der Waals surface area contributed by atoms with Crippen LogP contribution in [0.4, 0.5) is 0 Å². The maximum absolute atomic E-state index is 12.2. The molecule has 1 aromatic heterocycles. The summed E-state index contributed by atoms with van der Waals surface area (Å²) in [5, 5.41) is 2.73. The Morgan fingerprint density at radius 2 is 2.35 bits per heavy atom. The summed E-state index contributed by atoms with van der Waals surface area (Å²) in [6.45, 7) is 1.29. The zero-order valence-electron chi connectivity index (χ0n) is 9.15. The van der Waals surface area contributed by atoms with Crippen LogP contribution >= 0.6 is 15.9 Å². The first-order chi connectivity index (χ1) is 8.18. The summed E-state index contributed by atoms with van der Waals surface area (Å²) >= 11 is 3.29. The fourth-order valence-electron chi connectivity index (χ4n) is 1.67. The molecule has 2 rings (SSSR count). The lowest BCUT2D eigenvalue weighted by atomic mass is 10.3. The fourth-order valence-corrected chi connectivity index (χ4v) is 2.10. The van der Waals surface area contributed by atoms with Gasteiger partial charge in [-0.1, -0.05) is 0 Å². The van der Waals surface area contributed by atoms with Gasteiger partial charge in [0.25, 0.3) is 5.91 Å². The molecule has 6 heteroatoms. The van der Waals surface area contributed by atoms with Gasteiger partial charge >= 0.3 is 0 Å². The highest BCUT2D eigenvalue weighted by atomic mass is 79.9. The molecular weight excluding hydrogens is 286 g/mol. The molecule has 0 radical (unpaired) electrons. The van der Waals surface area contributed by atoms with E-state index in [2.05, 4.69) is 26.2 Å². The van der Waals surface area contributed by atoms with Gasteiger partial charge in [0.2, 0.25) is 5.91 Å². The van der Waals surface area contributed by atoms with Gasteiger partial charge in [0.1, 0.15) is 5.69 Å². The summed E-state index contributed by atoms with van der Waals surface area (Å²) in [4.78, 5) is 29.1. The third-order valence-corrected chi connectivity index (χ3v) is 3.15. The van der Waals surface area contributed by atoms with Crippen molar-refractivity contribution in [2.45, 2.75) is 6.42 Å². The summed E-state index contributed by atoms with van der Waals surface area (Å²) in [5.41, 5.74) is 0.349. The number of pyridine rings is 1. The third kappa shape index (κ3) is 2.82. The van der Waals surface area contributed by atoms with Gasteiger partial charge in [0.15, 0.2) is 0 Å². The lowest BCUT2D eigenvalue weighted by molar-refractivity contribution is -0.121.